The van der Waals surface area contributed by atoms with Crippen molar-refractivity contribution in [2.75, 3.05) is 9.80 Å². The van der Waals surface area contributed by atoms with Gasteiger partial charge in [0.15, 0.2) is 0 Å². The maximum atomic E-state index is 2.63. The van der Waals surface area contributed by atoms with Gasteiger partial charge in [0.05, 0.1) is 5.69 Å². The fourth-order valence-electron chi connectivity index (χ4n) is 9.21. The molecule has 2 aliphatic rings. The number of fused-ring (bicyclic) bond motifs is 4. The molecule has 6 aromatic carbocycles. The first-order valence-corrected chi connectivity index (χ1v) is 21.8. The Labute approximate surface area is 337 Å². The van der Waals surface area contributed by atoms with Crippen molar-refractivity contribution in [2.45, 2.75) is 112 Å². The highest BCUT2D eigenvalue weighted by molar-refractivity contribution is 7.00. The second-order valence-electron chi connectivity index (χ2n) is 16.4. The molecular formula is C53H59BN2. The number of aryl methyl sites for hydroxylation is 5. The summed E-state index contributed by atoms with van der Waals surface area (Å²) >= 11 is 0. The average Bonchev–Trinajstić information content (AvgIpc) is 3.23. The van der Waals surface area contributed by atoms with Crippen LogP contribution in [0, 0.1) is 6.92 Å². The van der Waals surface area contributed by atoms with Crippen molar-refractivity contribution in [1.29, 1.82) is 0 Å². The summed E-state index contributed by atoms with van der Waals surface area (Å²) in [5, 5.41) is 0. The Morgan fingerprint density at radius 1 is 0.429 bits per heavy atom. The lowest BCUT2D eigenvalue weighted by atomic mass is 9.33. The highest BCUT2D eigenvalue weighted by Crippen LogP contribution is 2.47. The molecule has 6 aromatic rings. The Hall–Kier alpha value is -5.02. The van der Waals surface area contributed by atoms with Gasteiger partial charge in [0.1, 0.15) is 0 Å². The summed E-state index contributed by atoms with van der Waals surface area (Å²) in [6.45, 7) is 11.6. The maximum Gasteiger partial charge on any atom is 0.252 e. The third-order valence-corrected chi connectivity index (χ3v) is 12.2. The smallest absolute Gasteiger partial charge is 0.252 e. The monoisotopic (exact) mass is 734 g/mol. The summed E-state index contributed by atoms with van der Waals surface area (Å²) in [5.74, 6) is 0. The van der Waals surface area contributed by atoms with Crippen LogP contribution in [0.15, 0.2) is 121 Å². The van der Waals surface area contributed by atoms with Gasteiger partial charge in [-0.15, -0.1) is 0 Å². The number of hydrogen-bond acceptors (Lipinski definition) is 2. The fourth-order valence-corrected chi connectivity index (χ4v) is 9.21. The van der Waals surface area contributed by atoms with Gasteiger partial charge in [0, 0.05) is 34.0 Å². The zero-order valence-electron chi connectivity index (χ0n) is 34.5. The van der Waals surface area contributed by atoms with Crippen LogP contribution in [-0.2, 0) is 25.7 Å². The van der Waals surface area contributed by atoms with Crippen LogP contribution >= 0.6 is 0 Å². The van der Waals surface area contributed by atoms with Crippen LogP contribution in [0.2, 0.25) is 0 Å². The van der Waals surface area contributed by atoms with Crippen LogP contribution in [0.25, 0.3) is 11.1 Å². The predicted molar refractivity (Wildman–Crippen MR) is 245 cm³/mol. The number of hydrogen-bond donors (Lipinski definition) is 0. The van der Waals surface area contributed by atoms with E-state index in [1.165, 1.54) is 141 Å². The normalized spacial score (nSPS) is 12.8. The summed E-state index contributed by atoms with van der Waals surface area (Å²) in [7, 11) is 0. The molecule has 284 valence electrons. The average molecular weight is 735 g/mol. The van der Waals surface area contributed by atoms with E-state index in [-0.39, 0.29) is 6.71 Å². The van der Waals surface area contributed by atoms with Crippen LogP contribution in [0.3, 0.4) is 0 Å². The molecule has 2 nitrogen and oxygen atoms in total. The molecule has 0 unspecified atom stereocenters. The third kappa shape index (κ3) is 7.34. The fraction of sp³-hybridized carbons (Fsp3) is 0.321. The zero-order chi connectivity index (χ0) is 38.6. The Kier molecular flexibility index (Phi) is 11.5. The Morgan fingerprint density at radius 2 is 0.893 bits per heavy atom. The highest BCUT2D eigenvalue weighted by atomic mass is 15.2. The van der Waals surface area contributed by atoms with E-state index < -0.39 is 0 Å². The summed E-state index contributed by atoms with van der Waals surface area (Å²) < 4.78 is 0. The molecule has 0 aromatic heterocycles. The standard InChI is InChI=1S/C53H59BN2/c1-6-10-17-39-23-28-44(29-24-39)55-49-31-26-41(19-12-8-3)36-46(49)54-47-37-42(20-13-9-4)27-32-50(47)56(52-34-38(5)33-51(55)53(52)54)48-30-25-40(18-11-7-2)35-45(48)43-21-15-14-16-22-43/h14-16,21-37H,6-13,17-20H2,1-5H3. The number of nitrogens with zero attached hydrogens (tertiary/aromatic N) is 2. The lowest BCUT2D eigenvalue weighted by Gasteiger charge is -2.45. The minimum absolute atomic E-state index is 0.133. The molecule has 0 spiro atoms. The third-order valence-electron chi connectivity index (χ3n) is 12.2. The van der Waals surface area contributed by atoms with E-state index in [2.05, 4.69) is 166 Å². The van der Waals surface area contributed by atoms with Gasteiger partial charge in [-0.1, -0.05) is 126 Å². The first kappa shape index (κ1) is 37.9. The molecule has 8 rings (SSSR count). The van der Waals surface area contributed by atoms with E-state index in [4.69, 9.17) is 0 Å². The van der Waals surface area contributed by atoms with Gasteiger partial charge >= 0.3 is 0 Å². The lowest BCUT2D eigenvalue weighted by molar-refractivity contribution is 0.795. The van der Waals surface area contributed by atoms with Crippen molar-refractivity contribution in [2.24, 2.45) is 0 Å². The molecular weight excluding hydrogens is 675 g/mol. The molecule has 0 bridgehead atoms. The van der Waals surface area contributed by atoms with Crippen LogP contribution < -0.4 is 26.2 Å². The van der Waals surface area contributed by atoms with Gasteiger partial charge in [-0.25, -0.2) is 0 Å². The quantitative estimate of drug-likeness (QED) is 0.0968. The molecule has 0 radical (unpaired) electrons. The molecule has 0 fully saturated rings. The van der Waals surface area contributed by atoms with Crippen molar-refractivity contribution in [3.63, 3.8) is 0 Å². The SMILES string of the molecule is CCCCc1ccc(N2c3ccc(CCCC)cc3B3c4cc(CCCC)ccc4N(c4ccc(CCCC)cc4-c4ccccc4)c4cc(C)cc2c43)cc1. The second-order valence-corrected chi connectivity index (χ2v) is 16.4. The van der Waals surface area contributed by atoms with Crippen molar-refractivity contribution in [3.05, 3.63) is 149 Å². The van der Waals surface area contributed by atoms with E-state index in [1.807, 2.05) is 0 Å². The predicted octanol–water partition coefficient (Wildman–Crippen LogP) is 13.1. The number of benzene rings is 6. The van der Waals surface area contributed by atoms with E-state index in [0.717, 1.165) is 25.7 Å². The molecule has 2 heterocycles. The van der Waals surface area contributed by atoms with Gasteiger partial charge in [-0.05, 0) is 157 Å². The first-order chi connectivity index (χ1) is 27.5. The zero-order valence-corrected chi connectivity index (χ0v) is 34.5. The molecule has 0 amide bonds. The summed E-state index contributed by atoms with van der Waals surface area (Å²) in [5.41, 5.74) is 21.5. The van der Waals surface area contributed by atoms with Crippen LogP contribution in [0.5, 0.6) is 0 Å². The van der Waals surface area contributed by atoms with Gasteiger partial charge in [0.2, 0.25) is 0 Å². The number of unbranched alkanes of at least 4 members (excludes halogenated alkanes) is 4. The minimum Gasteiger partial charge on any atom is -0.311 e. The molecule has 0 N–H and O–H groups in total. The molecule has 56 heavy (non-hydrogen) atoms. The maximum absolute atomic E-state index is 2.63. The van der Waals surface area contributed by atoms with Crippen LogP contribution in [0.1, 0.15) is 107 Å². The second kappa shape index (κ2) is 17.0. The van der Waals surface area contributed by atoms with E-state index in [1.54, 1.807) is 0 Å². The Balaban J connectivity index is 1.41. The van der Waals surface area contributed by atoms with Crippen molar-refractivity contribution >= 4 is 57.2 Å². The number of rotatable bonds is 15. The molecule has 0 saturated carbocycles. The molecule has 0 saturated heterocycles. The largest absolute Gasteiger partial charge is 0.311 e. The van der Waals surface area contributed by atoms with Gasteiger partial charge in [0.25, 0.3) is 6.71 Å². The lowest BCUT2D eigenvalue weighted by Crippen LogP contribution is -2.61. The van der Waals surface area contributed by atoms with Crippen molar-refractivity contribution < 1.29 is 0 Å². The highest BCUT2D eigenvalue weighted by Gasteiger charge is 2.44. The van der Waals surface area contributed by atoms with Crippen molar-refractivity contribution in [3.8, 4) is 11.1 Å². The van der Waals surface area contributed by atoms with Gasteiger partial charge < -0.3 is 9.80 Å². The summed E-state index contributed by atoms with van der Waals surface area (Å²) in [4.78, 5) is 5.21. The first-order valence-electron chi connectivity index (χ1n) is 21.8. The molecule has 0 aliphatic carbocycles. The molecule has 2 aliphatic heterocycles. The Morgan fingerprint density at radius 3 is 1.45 bits per heavy atom. The topological polar surface area (TPSA) is 6.48 Å². The van der Waals surface area contributed by atoms with E-state index in [0.29, 0.717) is 0 Å². The summed E-state index contributed by atoms with van der Waals surface area (Å²) in [6.07, 6.45) is 14.1. The molecule has 3 heteroatoms. The summed E-state index contributed by atoms with van der Waals surface area (Å²) in [6, 6.07) is 47.6. The van der Waals surface area contributed by atoms with Crippen LogP contribution in [-0.4, -0.2) is 6.71 Å². The Bertz CT molecular complexity index is 2290. The van der Waals surface area contributed by atoms with Crippen molar-refractivity contribution in [1.82, 2.24) is 0 Å². The van der Waals surface area contributed by atoms with E-state index >= 15 is 0 Å². The molecule has 0 atom stereocenters. The van der Waals surface area contributed by atoms with Gasteiger partial charge in [-0.2, -0.15) is 0 Å². The number of anilines is 6. The minimum atomic E-state index is 0.133. The van der Waals surface area contributed by atoms with Gasteiger partial charge in [-0.3, -0.25) is 0 Å². The van der Waals surface area contributed by atoms with Crippen LogP contribution in [0.4, 0.5) is 34.1 Å². The van der Waals surface area contributed by atoms with E-state index in [9.17, 15) is 0 Å².